The van der Waals surface area contributed by atoms with Crippen LogP contribution in [-0.2, 0) is 0 Å². The predicted molar refractivity (Wildman–Crippen MR) is 94.6 cm³/mol. The summed E-state index contributed by atoms with van der Waals surface area (Å²) in [5, 5.41) is 10.6. The van der Waals surface area contributed by atoms with Crippen molar-refractivity contribution in [2.75, 3.05) is 29.5 Å². The second-order valence-electron chi connectivity index (χ2n) is 5.83. The van der Waals surface area contributed by atoms with Crippen LogP contribution in [0.4, 0.5) is 5.82 Å². The normalized spacial score (nSPS) is 15.5. The zero-order chi connectivity index (χ0) is 16.0. The first kappa shape index (κ1) is 14.5. The van der Waals surface area contributed by atoms with Gasteiger partial charge in [-0.25, -0.2) is 4.79 Å². The minimum absolute atomic E-state index is 0.324. The maximum Gasteiger partial charge on any atom is 0.336 e. The predicted octanol–water partition coefficient (Wildman–Crippen LogP) is 2.91. The van der Waals surface area contributed by atoms with Crippen LogP contribution in [0.1, 0.15) is 11.1 Å². The highest BCUT2D eigenvalue weighted by Crippen LogP contribution is 2.32. The Morgan fingerprint density at radius 2 is 1.96 bits per heavy atom. The van der Waals surface area contributed by atoms with Crippen molar-refractivity contribution in [3.05, 3.63) is 39.7 Å². The van der Waals surface area contributed by atoms with Gasteiger partial charge in [0.2, 0.25) is 0 Å². The molecule has 0 saturated carbocycles. The third kappa shape index (κ3) is 2.37. The van der Waals surface area contributed by atoms with Crippen LogP contribution < -0.4 is 10.5 Å². The summed E-state index contributed by atoms with van der Waals surface area (Å²) in [6.45, 7) is 5.91. The Bertz CT molecular complexity index is 961. The van der Waals surface area contributed by atoms with Gasteiger partial charge in [-0.3, -0.25) is 0 Å². The van der Waals surface area contributed by atoms with Crippen LogP contribution in [0.25, 0.3) is 21.9 Å². The third-order valence-electron chi connectivity index (χ3n) is 4.37. The van der Waals surface area contributed by atoms with Crippen molar-refractivity contribution >= 4 is 39.5 Å². The van der Waals surface area contributed by atoms with Crippen LogP contribution >= 0.6 is 11.8 Å². The van der Waals surface area contributed by atoms with Gasteiger partial charge in [0.1, 0.15) is 5.58 Å². The molecule has 1 saturated heterocycles. The van der Waals surface area contributed by atoms with E-state index in [0.29, 0.717) is 5.58 Å². The summed E-state index contributed by atoms with van der Waals surface area (Å²) in [6.07, 6.45) is 0. The van der Waals surface area contributed by atoms with Gasteiger partial charge in [-0.2, -0.15) is 11.8 Å². The van der Waals surface area contributed by atoms with Crippen LogP contribution in [0.15, 0.2) is 27.4 Å². The number of benzene rings is 1. The first-order chi connectivity index (χ1) is 11.1. The maximum atomic E-state index is 11.8. The highest BCUT2D eigenvalue weighted by Gasteiger charge is 2.19. The van der Waals surface area contributed by atoms with Gasteiger partial charge in [-0.15, -0.1) is 10.2 Å². The van der Waals surface area contributed by atoms with Gasteiger partial charge in [-0.05, 0) is 31.5 Å². The number of rotatable bonds is 1. The average Bonchev–Trinajstić information content (AvgIpc) is 2.55. The fraction of sp³-hybridized carbons (Fsp3) is 0.353. The van der Waals surface area contributed by atoms with Crippen LogP contribution in [0.5, 0.6) is 0 Å². The standard InChI is InChI=1S/C17H17N3O2S/c1-10-9-14(21)22-16-12(10)3-4-13-15(16)11(2)17(19-18-13)20-5-7-23-8-6-20/h3-4,9H,5-8H2,1-2H3. The molecule has 1 aromatic carbocycles. The Kier molecular flexibility index (Phi) is 3.49. The Hall–Kier alpha value is -2.08. The highest BCUT2D eigenvalue weighted by molar-refractivity contribution is 7.99. The molecule has 4 rings (SSSR count). The summed E-state index contributed by atoms with van der Waals surface area (Å²) >= 11 is 1.96. The number of anilines is 1. The summed E-state index contributed by atoms with van der Waals surface area (Å²) in [7, 11) is 0. The molecule has 0 unspecified atom stereocenters. The van der Waals surface area contributed by atoms with Gasteiger partial charge in [0.15, 0.2) is 5.82 Å². The molecular weight excluding hydrogens is 310 g/mol. The summed E-state index contributed by atoms with van der Waals surface area (Å²) in [6, 6.07) is 5.42. The number of hydrogen-bond acceptors (Lipinski definition) is 6. The number of thioether (sulfide) groups is 1. The van der Waals surface area contributed by atoms with Crippen molar-refractivity contribution in [2.24, 2.45) is 0 Å². The first-order valence-corrected chi connectivity index (χ1v) is 8.84. The van der Waals surface area contributed by atoms with Crippen LogP contribution in [-0.4, -0.2) is 34.8 Å². The molecule has 1 aliphatic heterocycles. The summed E-state index contributed by atoms with van der Waals surface area (Å²) in [4.78, 5) is 14.1. The van der Waals surface area contributed by atoms with Crippen molar-refractivity contribution in [2.45, 2.75) is 13.8 Å². The van der Waals surface area contributed by atoms with E-state index in [4.69, 9.17) is 4.42 Å². The Labute approximate surface area is 137 Å². The van der Waals surface area contributed by atoms with Gasteiger partial charge in [0, 0.05) is 41.6 Å². The average molecular weight is 327 g/mol. The van der Waals surface area contributed by atoms with E-state index in [-0.39, 0.29) is 5.63 Å². The molecule has 6 heteroatoms. The minimum atomic E-state index is -0.324. The van der Waals surface area contributed by atoms with E-state index < -0.39 is 0 Å². The van der Waals surface area contributed by atoms with Crippen molar-refractivity contribution in [3.63, 3.8) is 0 Å². The zero-order valence-corrected chi connectivity index (χ0v) is 13.9. The lowest BCUT2D eigenvalue weighted by atomic mass is 10.0. The molecule has 1 aliphatic rings. The Balaban J connectivity index is 2.04. The molecule has 5 nitrogen and oxygen atoms in total. The largest absolute Gasteiger partial charge is 0.422 e. The van der Waals surface area contributed by atoms with Crippen LogP contribution in [0.2, 0.25) is 0 Å². The number of aromatic nitrogens is 2. The zero-order valence-electron chi connectivity index (χ0n) is 13.1. The SMILES string of the molecule is Cc1cc(=O)oc2c1ccc1nnc(N3CCSCC3)c(C)c12. The lowest BCUT2D eigenvalue weighted by Crippen LogP contribution is -2.33. The number of hydrogen-bond donors (Lipinski definition) is 0. The van der Waals surface area contributed by atoms with Crippen molar-refractivity contribution < 1.29 is 4.42 Å². The van der Waals surface area contributed by atoms with E-state index >= 15 is 0 Å². The fourth-order valence-electron chi connectivity index (χ4n) is 3.18. The summed E-state index contributed by atoms with van der Waals surface area (Å²) < 4.78 is 5.53. The second-order valence-corrected chi connectivity index (χ2v) is 7.06. The lowest BCUT2D eigenvalue weighted by Gasteiger charge is -2.28. The molecule has 3 heterocycles. The van der Waals surface area contributed by atoms with Gasteiger partial charge in [0.05, 0.1) is 10.9 Å². The molecule has 0 N–H and O–H groups in total. The van der Waals surface area contributed by atoms with E-state index in [9.17, 15) is 4.79 Å². The number of fused-ring (bicyclic) bond motifs is 3. The van der Waals surface area contributed by atoms with E-state index in [0.717, 1.165) is 57.8 Å². The van der Waals surface area contributed by atoms with E-state index in [1.165, 1.54) is 6.07 Å². The quantitative estimate of drug-likeness (QED) is 0.506. The Morgan fingerprint density at radius 1 is 1.17 bits per heavy atom. The molecule has 118 valence electrons. The third-order valence-corrected chi connectivity index (χ3v) is 5.31. The topological polar surface area (TPSA) is 59.2 Å². The molecule has 0 atom stereocenters. The van der Waals surface area contributed by atoms with Crippen molar-refractivity contribution in [1.82, 2.24) is 10.2 Å². The van der Waals surface area contributed by atoms with Crippen LogP contribution in [0, 0.1) is 13.8 Å². The smallest absolute Gasteiger partial charge is 0.336 e. The van der Waals surface area contributed by atoms with E-state index in [1.54, 1.807) is 0 Å². The molecule has 0 bridgehead atoms. The molecule has 0 radical (unpaired) electrons. The van der Waals surface area contributed by atoms with Crippen molar-refractivity contribution in [1.29, 1.82) is 0 Å². The molecule has 2 aromatic heterocycles. The molecule has 0 spiro atoms. The molecule has 3 aromatic rings. The monoisotopic (exact) mass is 327 g/mol. The molecular formula is C17H17N3O2S. The molecule has 23 heavy (non-hydrogen) atoms. The first-order valence-electron chi connectivity index (χ1n) is 7.68. The summed E-state index contributed by atoms with van der Waals surface area (Å²) in [5.41, 5.74) is 3.01. The lowest BCUT2D eigenvalue weighted by molar-refractivity contribution is 0.562. The van der Waals surface area contributed by atoms with Gasteiger partial charge >= 0.3 is 5.63 Å². The second kappa shape index (κ2) is 5.53. The van der Waals surface area contributed by atoms with Crippen molar-refractivity contribution in [3.8, 4) is 0 Å². The maximum absolute atomic E-state index is 11.8. The highest BCUT2D eigenvalue weighted by atomic mass is 32.2. The number of aryl methyl sites for hydroxylation is 2. The van der Waals surface area contributed by atoms with Gasteiger partial charge in [0.25, 0.3) is 0 Å². The minimum Gasteiger partial charge on any atom is -0.422 e. The summed E-state index contributed by atoms with van der Waals surface area (Å²) in [5.74, 6) is 3.10. The van der Waals surface area contributed by atoms with E-state index in [2.05, 4.69) is 15.1 Å². The van der Waals surface area contributed by atoms with Gasteiger partial charge in [-0.1, -0.05) is 0 Å². The van der Waals surface area contributed by atoms with E-state index in [1.807, 2.05) is 37.7 Å². The fourth-order valence-corrected chi connectivity index (χ4v) is 4.09. The Morgan fingerprint density at radius 3 is 2.74 bits per heavy atom. The molecule has 0 aliphatic carbocycles. The van der Waals surface area contributed by atoms with Gasteiger partial charge < -0.3 is 9.32 Å². The number of nitrogens with zero attached hydrogens (tertiary/aromatic N) is 3. The molecule has 1 fully saturated rings. The molecule has 0 amide bonds. The van der Waals surface area contributed by atoms with Crippen LogP contribution in [0.3, 0.4) is 0 Å².